The van der Waals surface area contributed by atoms with Crippen molar-refractivity contribution < 1.29 is 0 Å². The van der Waals surface area contributed by atoms with Crippen LogP contribution in [0.4, 0.5) is 11.6 Å². The Bertz CT molecular complexity index is 1170. The van der Waals surface area contributed by atoms with Crippen LogP contribution in [0.5, 0.6) is 0 Å². The number of aryl methyl sites for hydroxylation is 2. The highest BCUT2D eigenvalue weighted by atomic mass is 32.2. The van der Waals surface area contributed by atoms with Crippen molar-refractivity contribution in [2.45, 2.75) is 56.0 Å². The van der Waals surface area contributed by atoms with Gasteiger partial charge in [0.15, 0.2) is 11.6 Å². The summed E-state index contributed by atoms with van der Waals surface area (Å²) in [7, 11) is 0. The first-order valence-electron chi connectivity index (χ1n) is 11.2. The molecule has 6 nitrogen and oxygen atoms in total. The van der Waals surface area contributed by atoms with Gasteiger partial charge in [0.05, 0.1) is 5.69 Å². The molecule has 3 heterocycles. The summed E-state index contributed by atoms with van der Waals surface area (Å²) in [5.41, 5.74) is 19.1. The minimum absolute atomic E-state index is 0.115. The van der Waals surface area contributed by atoms with Crippen molar-refractivity contribution >= 4 is 23.4 Å². The molecule has 0 bridgehead atoms. The lowest BCUT2D eigenvalue weighted by atomic mass is 9.73. The SMILES string of the molecule is Cc1nc(Sc2ccnc(C)c2C)c(N)nc1N1CCC2(CC1)Cc1ccccc1[C@H]2N. The first-order valence-corrected chi connectivity index (χ1v) is 12.0. The largest absolute Gasteiger partial charge is 0.381 e. The van der Waals surface area contributed by atoms with Gasteiger partial charge in [0.2, 0.25) is 0 Å². The summed E-state index contributed by atoms with van der Waals surface area (Å²) in [6.07, 6.45) is 5.00. The molecular formula is C25H30N6S. The summed E-state index contributed by atoms with van der Waals surface area (Å²) in [6.45, 7) is 7.96. The molecule has 1 aliphatic heterocycles. The molecular weight excluding hydrogens is 416 g/mol. The average Bonchev–Trinajstić information content (AvgIpc) is 3.06. The number of aromatic nitrogens is 3. The van der Waals surface area contributed by atoms with Crippen LogP contribution in [0.1, 0.15) is 47.0 Å². The smallest absolute Gasteiger partial charge is 0.158 e. The summed E-state index contributed by atoms with van der Waals surface area (Å²) < 4.78 is 0. The number of hydrogen-bond acceptors (Lipinski definition) is 7. The summed E-state index contributed by atoms with van der Waals surface area (Å²) >= 11 is 1.56. The van der Waals surface area contributed by atoms with E-state index in [0.717, 1.165) is 65.0 Å². The molecule has 0 saturated carbocycles. The van der Waals surface area contributed by atoms with Crippen LogP contribution in [-0.2, 0) is 6.42 Å². The topological polar surface area (TPSA) is 93.9 Å². The zero-order chi connectivity index (χ0) is 22.5. The van der Waals surface area contributed by atoms with Crippen LogP contribution >= 0.6 is 11.8 Å². The van der Waals surface area contributed by atoms with E-state index < -0.39 is 0 Å². The number of benzene rings is 1. The van der Waals surface area contributed by atoms with E-state index in [4.69, 9.17) is 21.4 Å². The van der Waals surface area contributed by atoms with Crippen molar-refractivity contribution in [1.82, 2.24) is 15.0 Å². The highest BCUT2D eigenvalue weighted by Gasteiger charge is 2.46. The Balaban J connectivity index is 1.34. The Morgan fingerprint density at radius 1 is 1.03 bits per heavy atom. The van der Waals surface area contributed by atoms with E-state index in [1.54, 1.807) is 11.8 Å². The molecule has 32 heavy (non-hydrogen) atoms. The molecule has 1 saturated heterocycles. The number of anilines is 2. The molecule has 4 N–H and O–H groups in total. The van der Waals surface area contributed by atoms with Crippen molar-refractivity contribution in [3.05, 3.63) is 64.6 Å². The van der Waals surface area contributed by atoms with E-state index in [2.05, 4.69) is 41.1 Å². The standard InChI is InChI=1S/C25H30N6S/c1-15-16(2)28-11-8-20(15)32-24-22(27)30-23(17(3)29-24)31-12-9-25(10-13-31)14-18-6-4-5-7-19(18)21(25)26/h4-8,11,21H,9-10,12-14,26H2,1-3H3,(H2,27,30)/t21-/m1/s1. The molecule has 5 rings (SSSR count). The molecule has 0 amide bonds. The fraction of sp³-hybridized carbons (Fsp3) is 0.400. The minimum atomic E-state index is 0.115. The van der Waals surface area contributed by atoms with Gasteiger partial charge in [0, 0.05) is 35.9 Å². The van der Waals surface area contributed by atoms with Gasteiger partial charge in [-0.15, -0.1) is 0 Å². The van der Waals surface area contributed by atoms with Crippen molar-refractivity contribution in [3.63, 3.8) is 0 Å². The Labute approximate surface area is 193 Å². The fourth-order valence-corrected chi connectivity index (χ4v) is 6.15. The van der Waals surface area contributed by atoms with Crippen LogP contribution in [-0.4, -0.2) is 28.0 Å². The van der Waals surface area contributed by atoms with Gasteiger partial charge < -0.3 is 16.4 Å². The first kappa shape index (κ1) is 21.2. The third-order valence-corrected chi connectivity index (χ3v) is 8.46. The highest BCUT2D eigenvalue weighted by molar-refractivity contribution is 7.99. The maximum Gasteiger partial charge on any atom is 0.158 e. The third kappa shape index (κ3) is 3.53. The summed E-state index contributed by atoms with van der Waals surface area (Å²) in [6, 6.07) is 10.8. The molecule has 1 aliphatic carbocycles. The monoisotopic (exact) mass is 446 g/mol. The molecule has 1 atom stereocenters. The van der Waals surface area contributed by atoms with Crippen molar-refractivity contribution in [1.29, 1.82) is 0 Å². The molecule has 7 heteroatoms. The number of rotatable bonds is 3. The molecule has 0 unspecified atom stereocenters. The number of nitrogens with zero attached hydrogens (tertiary/aromatic N) is 4. The second-order valence-corrected chi connectivity index (χ2v) is 10.2. The van der Waals surface area contributed by atoms with Crippen LogP contribution in [0.3, 0.4) is 0 Å². The van der Waals surface area contributed by atoms with Crippen molar-refractivity contribution in [3.8, 4) is 0 Å². The molecule has 1 fully saturated rings. The van der Waals surface area contributed by atoms with Crippen molar-refractivity contribution in [2.24, 2.45) is 11.1 Å². The molecule has 3 aromatic rings. The van der Waals surface area contributed by atoms with E-state index in [-0.39, 0.29) is 11.5 Å². The number of fused-ring (bicyclic) bond motifs is 1. The number of nitrogens with two attached hydrogens (primary N) is 2. The van der Waals surface area contributed by atoms with Gasteiger partial charge in [-0.25, -0.2) is 9.97 Å². The van der Waals surface area contributed by atoms with E-state index in [9.17, 15) is 0 Å². The van der Waals surface area contributed by atoms with Crippen LogP contribution in [0, 0.1) is 26.2 Å². The van der Waals surface area contributed by atoms with Gasteiger partial charge in [0.25, 0.3) is 0 Å². The zero-order valence-corrected chi connectivity index (χ0v) is 19.7. The summed E-state index contributed by atoms with van der Waals surface area (Å²) in [4.78, 5) is 17.4. The number of hydrogen-bond donors (Lipinski definition) is 2. The Morgan fingerprint density at radius 3 is 2.53 bits per heavy atom. The average molecular weight is 447 g/mol. The van der Waals surface area contributed by atoms with Gasteiger partial charge in [-0.3, -0.25) is 4.98 Å². The Morgan fingerprint density at radius 2 is 1.78 bits per heavy atom. The molecule has 1 aromatic carbocycles. The van der Waals surface area contributed by atoms with Gasteiger partial charge in [-0.1, -0.05) is 36.0 Å². The molecule has 2 aromatic heterocycles. The lowest BCUT2D eigenvalue weighted by Crippen LogP contribution is -2.45. The van der Waals surface area contributed by atoms with Crippen LogP contribution in [0.25, 0.3) is 0 Å². The first-order chi connectivity index (χ1) is 15.4. The van der Waals surface area contributed by atoms with Crippen LogP contribution in [0.2, 0.25) is 0 Å². The van der Waals surface area contributed by atoms with Gasteiger partial charge >= 0.3 is 0 Å². The second kappa shape index (κ2) is 8.05. The van der Waals surface area contributed by atoms with E-state index >= 15 is 0 Å². The minimum Gasteiger partial charge on any atom is -0.381 e. The predicted molar refractivity (Wildman–Crippen MR) is 130 cm³/mol. The number of pyridine rings is 1. The maximum atomic E-state index is 6.74. The zero-order valence-electron chi connectivity index (χ0n) is 18.9. The predicted octanol–water partition coefficient (Wildman–Crippen LogP) is 4.37. The number of nitrogen functional groups attached to an aromatic ring is 1. The Kier molecular flexibility index (Phi) is 5.34. The van der Waals surface area contributed by atoms with E-state index in [1.807, 2.05) is 26.1 Å². The van der Waals surface area contributed by atoms with Crippen molar-refractivity contribution in [2.75, 3.05) is 23.7 Å². The van der Waals surface area contributed by atoms with E-state index in [1.165, 1.54) is 11.1 Å². The maximum absolute atomic E-state index is 6.74. The number of piperidine rings is 1. The quantitative estimate of drug-likeness (QED) is 0.617. The van der Waals surface area contributed by atoms with Gasteiger partial charge in [-0.2, -0.15) is 0 Å². The molecule has 166 valence electrons. The van der Waals surface area contributed by atoms with Gasteiger partial charge in [-0.05, 0) is 68.2 Å². The van der Waals surface area contributed by atoms with Crippen LogP contribution in [0.15, 0.2) is 46.5 Å². The molecule has 0 radical (unpaired) electrons. The second-order valence-electron chi connectivity index (χ2n) is 9.15. The lowest BCUT2D eigenvalue weighted by Gasteiger charge is -2.42. The summed E-state index contributed by atoms with van der Waals surface area (Å²) in [5, 5.41) is 0.752. The van der Waals surface area contributed by atoms with Crippen LogP contribution < -0.4 is 16.4 Å². The Hall–Kier alpha value is -2.64. The normalized spacial score (nSPS) is 19.4. The lowest BCUT2D eigenvalue weighted by molar-refractivity contribution is 0.187. The fourth-order valence-electron chi connectivity index (χ4n) is 5.18. The summed E-state index contributed by atoms with van der Waals surface area (Å²) in [5.74, 6) is 1.38. The third-order valence-electron chi connectivity index (χ3n) is 7.30. The highest BCUT2D eigenvalue weighted by Crippen LogP contribution is 2.51. The van der Waals surface area contributed by atoms with E-state index in [0.29, 0.717) is 5.82 Å². The van der Waals surface area contributed by atoms with Gasteiger partial charge in [0.1, 0.15) is 5.03 Å². The molecule has 2 aliphatic rings. The molecule has 1 spiro atoms.